The third-order valence-corrected chi connectivity index (χ3v) is 7.72. The van der Waals surface area contributed by atoms with Crippen molar-refractivity contribution in [2.45, 2.75) is 49.5 Å². The second-order valence-electron chi connectivity index (χ2n) is 8.82. The van der Waals surface area contributed by atoms with Gasteiger partial charge in [-0.05, 0) is 60.7 Å². The number of amides is 1. The van der Waals surface area contributed by atoms with Gasteiger partial charge in [0.05, 0.1) is 4.90 Å². The second kappa shape index (κ2) is 7.24. The van der Waals surface area contributed by atoms with Crippen molar-refractivity contribution in [3.63, 3.8) is 0 Å². The molecular formula is C23H26N2O5S. The number of rotatable bonds is 2. The SMILES string of the molecule is Cc1ccc(S(N)(=O)=O)cc1C(=O)N1Cc2cc3c(cc2C2(CCCC2)C1)OCCO3. The van der Waals surface area contributed by atoms with Gasteiger partial charge >= 0.3 is 0 Å². The minimum atomic E-state index is -3.89. The first-order chi connectivity index (χ1) is 14.8. The van der Waals surface area contributed by atoms with E-state index in [1.807, 2.05) is 17.9 Å². The lowest BCUT2D eigenvalue weighted by molar-refractivity contribution is 0.0668. The molecule has 5 rings (SSSR count). The van der Waals surface area contributed by atoms with Gasteiger partial charge in [-0.3, -0.25) is 4.79 Å². The molecule has 1 aliphatic carbocycles. The van der Waals surface area contributed by atoms with E-state index >= 15 is 0 Å². The smallest absolute Gasteiger partial charge is 0.254 e. The van der Waals surface area contributed by atoms with Crippen LogP contribution in [0.25, 0.3) is 0 Å². The molecule has 0 saturated heterocycles. The molecule has 0 atom stereocenters. The molecule has 2 heterocycles. The summed E-state index contributed by atoms with van der Waals surface area (Å²) >= 11 is 0. The molecule has 2 aliphatic heterocycles. The van der Waals surface area contributed by atoms with Crippen LogP contribution >= 0.6 is 0 Å². The predicted octanol–water partition coefficient (Wildman–Crippen LogP) is 2.88. The fraction of sp³-hybridized carbons (Fsp3) is 0.435. The quantitative estimate of drug-likeness (QED) is 0.771. The van der Waals surface area contributed by atoms with Crippen LogP contribution in [-0.2, 0) is 22.0 Å². The van der Waals surface area contributed by atoms with Gasteiger partial charge in [-0.15, -0.1) is 0 Å². The Balaban J connectivity index is 1.56. The summed E-state index contributed by atoms with van der Waals surface area (Å²) < 4.78 is 35.3. The molecule has 8 heteroatoms. The molecule has 1 fully saturated rings. The number of ether oxygens (including phenoxy) is 2. The van der Waals surface area contributed by atoms with E-state index in [1.165, 1.54) is 17.7 Å². The fourth-order valence-electron chi connectivity index (χ4n) is 5.27. The maximum atomic E-state index is 13.6. The van der Waals surface area contributed by atoms with Crippen LogP contribution in [0, 0.1) is 6.92 Å². The Morgan fingerprint density at radius 2 is 1.74 bits per heavy atom. The number of fused-ring (bicyclic) bond motifs is 3. The van der Waals surface area contributed by atoms with Crippen molar-refractivity contribution in [2.75, 3.05) is 19.8 Å². The van der Waals surface area contributed by atoms with Crippen LogP contribution in [0.15, 0.2) is 35.2 Å². The van der Waals surface area contributed by atoms with E-state index in [-0.39, 0.29) is 16.2 Å². The number of hydrogen-bond acceptors (Lipinski definition) is 5. The van der Waals surface area contributed by atoms with Crippen molar-refractivity contribution in [3.05, 3.63) is 52.6 Å². The Morgan fingerprint density at radius 1 is 1.06 bits per heavy atom. The van der Waals surface area contributed by atoms with Crippen molar-refractivity contribution in [3.8, 4) is 11.5 Å². The van der Waals surface area contributed by atoms with Crippen LogP contribution < -0.4 is 14.6 Å². The van der Waals surface area contributed by atoms with Gasteiger partial charge < -0.3 is 14.4 Å². The molecule has 0 aromatic heterocycles. The van der Waals surface area contributed by atoms with E-state index in [4.69, 9.17) is 14.6 Å². The summed E-state index contributed by atoms with van der Waals surface area (Å²) in [7, 11) is -3.89. The van der Waals surface area contributed by atoms with Gasteiger partial charge in [0.1, 0.15) is 13.2 Å². The number of sulfonamides is 1. The summed E-state index contributed by atoms with van der Waals surface area (Å²) in [6, 6.07) is 8.60. The van der Waals surface area contributed by atoms with Crippen molar-refractivity contribution in [2.24, 2.45) is 5.14 Å². The van der Waals surface area contributed by atoms with Gasteiger partial charge in [0.25, 0.3) is 5.91 Å². The Bertz CT molecular complexity index is 1170. The van der Waals surface area contributed by atoms with E-state index in [1.54, 1.807) is 6.07 Å². The van der Waals surface area contributed by atoms with Gasteiger partial charge in [-0.2, -0.15) is 0 Å². The zero-order chi connectivity index (χ0) is 21.8. The van der Waals surface area contributed by atoms with Crippen LogP contribution in [0.3, 0.4) is 0 Å². The molecule has 164 valence electrons. The monoisotopic (exact) mass is 442 g/mol. The van der Waals surface area contributed by atoms with Crippen LogP contribution in [0.1, 0.15) is 52.7 Å². The maximum absolute atomic E-state index is 13.6. The zero-order valence-electron chi connectivity index (χ0n) is 17.5. The molecule has 1 saturated carbocycles. The van der Waals surface area contributed by atoms with Gasteiger partial charge in [-0.1, -0.05) is 18.9 Å². The van der Waals surface area contributed by atoms with Crippen molar-refractivity contribution in [1.82, 2.24) is 4.90 Å². The summed E-state index contributed by atoms with van der Waals surface area (Å²) in [6.07, 6.45) is 4.27. The average Bonchev–Trinajstić information content (AvgIpc) is 3.20. The molecule has 3 aliphatic rings. The van der Waals surface area contributed by atoms with Crippen molar-refractivity contribution in [1.29, 1.82) is 0 Å². The highest BCUT2D eigenvalue weighted by Crippen LogP contribution is 2.49. The molecular weight excluding hydrogens is 416 g/mol. The largest absolute Gasteiger partial charge is 0.486 e. The summed E-state index contributed by atoms with van der Waals surface area (Å²) in [5.74, 6) is 1.34. The Morgan fingerprint density at radius 3 is 2.42 bits per heavy atom. The third kappa shape index (κ3) is 3.47. The lowest BCUT2D eigenvalue weighted by Gasteiger charge is -2.43. The number of carbonyl (C=O) groups is 1. The highest BCUT2D eigenvalue weighted by molar-refractivity contribution is 7.89. The fourth-order valence-corrected chi connectivity index (χ4v) is 5.81. The second-order valence-corrected chi connectivity index (χ2v) is 10.4. The average molecular weight is 443 g/mol. The molecule has 0 radical (unpaired) electrons. The van der Waals surface area contributed by atoms with Crippen molar-refractivity contribution < 1.29 is 22.7 Å². The van der Waals surface area contributed by atoms with Crippen LogP contribution in [-0.4, -0.2) is 39.0 Å². The van der Waals surface area contributed by atoms with E-state index in [0.717, 1.165) is 48.3 Å². The highest BCUT2D eigenvalue weighted by atomic mass is 32.2. The number of nitrogens with zero attached hydrogens (tertiary/aromatic N) is 1. The molecule has 2 N–H and O–H groups in total. The van der Waals surface area contributed by atoms with Gasteiger partial charge in [0.2, 0.25) is 10.0 Å². The number of hydrogen-bond donors (Lipinski definition) is 1. The molecule has 7 nitrogen and oxygen atoms in total. The Hall–Kier alpha value is -2.58. The molecule has 31 heavy (non-hydrogen) atoms. The topological polar surface area (TPSA) is 98.9 Å². The van der Waals surface area contributed by atoms with Gasteiger partial charge in [0, 0.05) is 24.1 Å². The van der Waals surface area contributed by atoms with Crippen LogP contribution in [0.2, 0.25) is 0 Å². The summed E-state index contributed by atoms with van der Waals surface area (Å²) in [5.41, 5.74) is 3.33. The standard InChI is InChI=1S/C23H26N2O5S/c1-15-4-5-17(31(24,27)28)11-18(15)22(26)25-13-16-10-20-21(30-9-8-29-20)12-19(16)23(14-25)6-2-3-7-23/h4-5,10-12H,2-3,6-9,13-14H2,1H3,(H2,24,27,28). The maximum Gasteiger partial charge on any atom is 0.254 e. The van der Waals surface area contributed by atoms with Gasteiger partial charge in [0.15, 0.2) is 11.5 Å². The third-order valence-electron chi connectivity index (χ3n) is 6.81. The molecule has 2 aromatic rings. The Kier molecular flexibility index (Phi) is 4.75. The first-order valence-electron chi connectivity index (χ1n) is 10.6. The van der Waals surface area contributed by atoms with E-state index in [0.29, 0.717) is 31.9 Å². The van der Waals surface area contributed by atoms with Crippen LogP contribution in [0.5, 0.6) is 11.5 Å². The number of benzene rings is 2. The van der Waals surface area contributed by atoms with Gasteiger partial charge in [-0.25, -0.2) is 13.6 Å². The minimum Gasteiger partial charge on any atom is -0.486 e. The zero-order valence-corrected chi connectivity index (χ0v) is 18.3. The number of nitrogens with two attached hydrogens (primary N) is 1. The molecule has 1 spiro atoms. The van der Waals surface area contributed by atoms with E-state index in [2.05, 4.69) is 6.07 Å². The molecule has 0 bridgehead atoms. The minimum absolute atomic E-state index is 0.0472. The van der Waals surface area contributed by atoms with Crippen LogP contribution in [0.4, 0.5) is 0 Å². The summed E-state index contributed by atoms with van der Waals surface area (Å²) in [4.78, 5) is 15.4. The Labute approximate surface area is 182 Å². The number of primary sulfonamides is 1. The summed E-state index contributed by atoms with van der Waals surface area (Å²) in [6.45, 7) is 3.93. The molecule has 1 amide bonds. The lowest BCUT2D eigenvalue weighted by atomic mass is 9.73. The predicted molar refractivity (Wildman–Crippen MR) is 115 cm³/mol. The van der Waals surface area contributed by atoms with Crippen molar-refractivity contribution >= 4 is 15.9 Å². The van der Waals surface area contributed by atoms with E-state index < -0.39 is 10.0 Å². The normalized spacial score (nSPS) is 19.4. The molecule has 0 unspecified atom stereocenters. The number of carbonyl (C=O) groups excluding carboxylic acids is 1. The number of aryl methyl sites for hydroxylation is 1. The lowest BCUT2D eigenvalue weighted by Crippen LogP contribution is -2.47. The highest BCUT2D eigenvalue weighted by Gasteiger charge is 2.44. The van der Waals surface area contributed by atoms with E-state index in [9.17, 15) is 13.2 Å². The molecule has 2 aromatic carbocycles. The first kappa shape index (κ1) is 20.3. The first-order valence-corrected chi connectivity index (χ1v) is 12.2. The summed E-state index contributed by atoms with van der Waals surface area (Å²) in [5, 5.41) is 5.30.